The Morgan fingerprint density at radius 1 is 1.15 bits per heavy atom. The van der Waals surface area contributed by atoms with E-state index in [1.807, 2.05) is 19.2 Å². The van der Waals surface area contributed by atoms with Crippen LogP contribution in [-0.2, 0) is 13.1 Å². The van der Waals surface area contributed by atoms with Crippen molar-refractivity contribution in [3.05, 3.63) is 59.0 Å². The number of aryl methyl sites for hydroxylation is 1. The molecule has 0 saturated carbocycles. The zero-order valence-corrected chi connectivity index (χ0v) is 16.1. The van der Waals surface area contributed by atoms with Gasteiger partial charge < -0.3 is 15.5 Å². The Morgan fingerprint density at radius 2 is 1.93 bits per heavy atom. The summed E-state index contributed by atoms with van der Waals surface area (Å²) in [7, 11) is 0. The highest BCUT2D eigenvalue weighted by atomic mass is 19.1. The van der Waals surface area contributed by atoms with Gasteiger partial charge in [-0.05, 0) is 55.5 Å². The van der Waals surface area contributed by atoms with Crippen LogP contribution in [0.4, 0.5) is 10.2 Å². The maximum Gasteiger partial charge on any atom is 0.191 e. The Labute approximate surface area is 160 Å². The van der Waals surface area contributed by atoms with E-state index in [9.17, 15) is 4.39 Å². The molecule has 0 aliphatic carbocycles. The lowest BCUT2D eigenvalue weighted by Gasteiger charge is -2.16. The second-order valence-electron chi connectivity index (χ2n) is 6.85. The summed E-state index contributed by atoms with van der Waals surface area (Å²) >= 11 is 0. The molecule has 27 heavy (non-hydrogen) atoms. The molecule has 0 radical (unpaired) electrons. The van der Waals surface area contributed by atoms with Crippen LogP contribution in [0.1, 0.15) is 36.5 Å². The molecule has 0 spiro atoms. The van der Waals surface area contributed by atoms with Crippen molar-refractivity contribution >= 4 is 11.8 Å². The third-order valence-electron chi connectivity index (χ3n) is 4.69. The fourth-order valence-electron chi connectivity index (χ4n) is 3.16. The number of halogens is 1. The summed E-state index contributed by atoms with van der Waals surface area (Å²) in [4.78, 5) is 11.5. The second-order valence-corrected chi connectivity index (χ2v) is 6.85. The van der Waals surface area contributed by atoms with E-state index in [1.54, 1.807) is 13.0 Å². The molecule has 1 aromatic carbocycles. The molecule has 1 aliphatic heterocycles. The van der Waals surface area contributed by atoms with Crippen molar-refractivity contribution < 1.29 is 4.39 Å². The predicted molar refractivity (Wildman–Crippen MR) is 108 cm³/mol. The number of rotatable bonds is 6. The van der Waals surface area contributed by atoms with Crippen molar-refractivity contribution in [2.45, 2.75) is 39.8 Å². The monoisotopic (exact) mass is 369 g/mol. The number of nitrogens with one attached hydrogen (secondary N) is 2. The average Bonchev–Trinajstić information content (AvgIpc) is 3.22. The maximum absolute atomic E-state index is 13.4. The molecule has 3 rings (SSSR count). The predicted octanol–water partition coefficient (Wildman–Crippen LogP) is 3.38. The Bertz CT molecular complexity index is 767. The summed E-state index contributed by atoms with van der Waals surface area (Å²) in [6, 6.07) is 9.33. The van der Waals surface area contributed by atoms with E-state index in [0.29, 0.717) is 18.7 Å². The lowest BCUT2D eigenvalue weighted by atomic mass is 10.1. The van der Waals surface area contributed by atoms with Crippen LogP contribution in [0.25, 0.3) is 0 Å². The summed E-state index contributed by atoms with van der Waals surface area (Å²) in [5.41, 5.74) is 2.75. The first kappa shape index (κ1) is 19.1. The fraction of sp³-hybridized carbons (Fsp3) is 0.429. The Kier molecular flexibility index (Phi) is 6.63. The number of guanidine groups is 1. The lowest BCUT2D eigenvalue weighted by Crippen LogP contribution is -2.36. The molecule has 0 bridgehead atoms. The van der Waals surface area contributed by atoms with E-state index < -0.39 is 0 Å². The van der Waals surface area contributed by atoms with Gasteiger partial charge in [-0.2, -0.15) is 0 Å². The van der Waals surface area contributed by atoms with Crippen LogP contribution in [0, 0.1) is 12.7 Å². The van der Waals surface area contributed by atoms with Gasteiger partial charge in [0.1, 0.15) is 11.6 Å². The SMILES string of the molecule is CCNC(=NCc1ccc(N2CCCC2)nc1)NCc1ccc(F)c(C)c1. The van der Waals surface area contributed by atoms with Crippen molar-refractivity contribution in [3.63, 3.8) is 0 Å². The fourth-order valence-corrected chi connectivity index (χ4v) is 3.16. The molecular formula is C21H28FN5. The molecule has 0 amide bonds. The van der Waals surface area contributed by atoms with Gasteiger partial charge in [0.25, 0.3) is 0 Å². The largest absolute Gasteiger partial charge is 0.357 e. The van der Waals surface area contributed by atoms with E-state index in [2.05, 4.69) is 37.6 Å². The molecule has 1 saturated heterocycles. The topological polar surface area (TPSA) is 52.6 Å². The minimum absolute atomic E-state index is 0.177. The lowest BCUT2D eigenvalue weighted by molar-refractivity contribution is 0.617. The van der Waals surface area contributed by atoms with Crippen LogP contribution in [0.5, 0.6) is 0 Å². The molecule has 0 unspecified atom stereocenters. The Morgan fingerprint density at radius 3 is 2.59 bits per heavy atom. The van der Waals surface area contributed by atoms with Gasteiger partial charge >= 0.3 is 0 Å². The van der Waals surface area contributed by atoms with Crippen LogP contribution in [-0.4, -0.2) is 30.6 Å². The average molecular weight is 369 g/mol. The van der Waals surface area contributed by atoms with Gasteiger partial charge in [0.15, 0.2) is 5.96 Å². The maximum atomic E-state index is 13.4. The van der Waals surface area contributed by atoms with E-state index in [-0.39, 0.29) is 5.82 Å². The van der Waals surface area contributed by atoms with Crippen molar-refractivity contribution in [2.24, 2.45) is 4.99 Å². The van der Waals surface area contributed by atoms with Crippen LogP contribution in [0.2, 0.25) is 0 Å². The molecule has 2 heterocycles. The van der Waals surface area contributed by atoms with Crippen LogP contribution < -0.4 is 15.5 Å². The normalized spacial score (nSPS) is 14.5. The number of anilines is 1. The highest BCUT2D eigenvalue weighted by molar-refractivity contribution is 5.79. The standard InChI is InChI=1S/C21H28FN5/c1-3-23-21(25-13-17-6-8-19(22)16(2)12-17)26-15-18-7-9-20(24-14-18)27-10-4-5-11-27/h6-9,12,14H,3-5,10-11,13,15H2,1-2H3,(H2,23,25,26). The van der Waals surface area contributed by atoms with Crippen LogP contribution in [0.3, 0.4) is 0 Å². The molecule has 1 aliphatic rings. The number of aliphatic imine (C=N–C) groups is 1. The highest BCUT2D eigenvalue weighted by Crippen LogP contribution is 2.17. The summed E-state index contributed by atoms with van der Waals surface area (Å²) in [6.45, 7) is 7.94. The van der Waals surface area contributed by atoms with Crippen molar-refractivity contribution in [3.8, 4) is 0 Å². The van der Waals surface area contributed by atoms with Gasteiger partial charge in [-0.3, -0.25) is 0 Å². The smallest absolute Gasteiger partial charge is 0.191 e. The number of hydrogen-bond donors (Lipinski definition) is 2. The number of hydrogen-bond acceptors (Lipinski definition) is 3. The van der Waals surface area contributed by atoms with E-state index in [0.717, 1.165) is 42.5 Å². The molecule has 6 heteroatoms. The summed E-state index contributed by atoms with van der Waals surface area (Å²) in [5, 5.41) is 6.54. The highest BCUT2D eigenvalue weighted by Gasteiger charge is 2.12. The molecular weight excluding hydrogens is 341 g/mol. The van der Waals surface area contributed by atoms with E-state index >= 15 is 0 Å². The van der Waals surface area contributed by atoms with Gasteiger partial charge in [-0.25, -0.2) is 14.4 Å². The van der Waals surface area contributed by atoms with Crippen molar-refractivity contribution in [1.29, 1.82) is 0 Å². The molecule has 144 valence electrons. The van der Waals surface area contributed by atoms with Crippen LogP contribution in [0.15, 0.2) is 41.5 Å². The molecule has 2 N–H and O–H groups in total. The third-order valence-corrected chi connectivity index (χ3v) is 4.69. The van der Waals surface area contributed by atoms with Gasteiger partial charge in [0, 0.05) is 32.4 Å². The van der Waals surface area contributed by atoms with E-state index in [1.165, 1.54) is 18.9 Å². The van der Waals surface area contributed by atoms with Gasteiger partial charge in [-0.1, -0.05) is 18.2 Å². The van der Waals surface area contributed by atoms with Gasteiger partial charge in [0.05, 0.1) is 6.54 Å². The second kappa shape index (κ2) is 9.35. The first-order valence-corrected chi connectivity index (χ1v) is 9.63. The van der Waals surface area contributed by atoms with Crippen molar-refractivity contribution in [2.75, 3.05) is 24.5 Å². The molecule has 1 fully saturated rings. The van der Waals surface area contributed by atoms with Crippen LogP contribution >= 0.6 is 0 Å². The minimum atomic E-state index is -0.177. The van der Waals surface area contributed by atoms with E-state index in [4.69, 9.17) is 0 Å². The first-order valence-electron chi connectivity index (χ1n) is 9.63. The molecule has 1 aromatic heterocycles. The Balaban J connectivity index is 1.58. The van der Waals surface area contributed by atoms with Crippen molar-refractivity contribution in [1.82, 2.24) is 15.6 Å². The first-order chi connectivity index (χ1) is 13.2. The van der Waals surface area contributed by atoms with Gasteiger partial charge in [-0.15, -0.1) is 0 Å². The summed E-state index contributed by atoms with van der Waals surface area (Å²) in [6.07, 6.45) is 4.40. The molecule has 2 aromatic rings. The zero-order valence-electron chi connectivity index (χ0n) is 16.1. The Hall–Kier alpha value is -2.63. The summed E-state index contributed by atoms with van der Waals surface area (Å²) < 4.78 is 13.4. The molecule has 5 nitrogen and oxygen atoms in total. The van der Waals surface area contributed by atoms with Gasteiger partial charge in [0.2, 0.25) is 0 Å². The summed E-state index contributed by atoms with van der Waals surface area (Å²) in [5.74, 6) is 1.62. The number of nitrogens with zero attached hydrogens (tertiary/aromatic N) is 3. The molecule has 0 atom stereocenters. The number of aromatic nitrogens is 1. The number of benzene rings is 1. The zero-order chi connectivity index (χ0) is 19.1. The minimum Gasteiger partial charge on any atom is -0.357 e. The quantitative estimate of drug-likeness (QED) is 0.605. The number of pyridine rings is 1. The third kappa shape index (κ3) is 5.42.